The molecule has 5 heteroatoms. The zero-order chi connectivity index (χ0) is 15.1. The molecule has 0 aliphatic rings. The average molecular weight is 285 g/mol. The number of rotatable bonds is 6. The predicted octanol–water partition coefficient (Wildman–Crippen LogP) is 2.10. The molecule has 0 saturated heterocycles. The number of aromatic nitrogens is 1. The fourth-order valence-corrected chi connectivity index (χ4v) is 1.97. The standard InChI is InChI=1S/C16H19N3O2/c1-17-16(20)15-11-13(7-9-19-15)18-8-6-12-4-3-5-14(10-12)21-2/h3-5,7,9-11H,6,8H2,1-2H3,(H,17,20)(H,18,19). The van der Waals surface area contributed by atoms with Crippen molar-refractivity contribution in [3.63, 3.8) is 0 Å². The molecule has 2 aromatic rings. The van der Waals surface area contributed by atoms with E-state index in [1.165, 1.54) is 5.56 Å². The molecule has 0 fully saturated rings. The molecule has 0 aliphatic carbocycles. The van der Waals surface area contributed by atoms with Crippen molar-refractivity contribution in [3.05, 3.63) is 53.9 Å². The molecule has 21 heavy (non-hydrogen) atoms. The van der Waals surface area contributed by atoms with Crippen LogP contribution in [0.5, 0.6) is 5.75 Å². The molecule has 1 aromatic heterocycles. The number of hydrogen-bond acceptors (Lipinski definition) is 4. The van der Waals surface area contributed by atoms with Gasteiger partial charge >= 0.3 is 0 Å². The monoisotopic (exact) mass is 285 g/mol. The lowest BCUT2D eigenvalue weighted by Gasteiger charge is -2.08. The second kappa shape index (κ2) is 7.28. The minimum Gasteiger partial charge on any atom is -0.497 e. The molecule has 0 bridgehead atoms. The first-order valence-corrected chi connectivity index (χ1v) is 6.78. The third-order valence-electron chi connectivity index (χ3n) is 3.10. The van der Waals surface area contributed by atoms with Gasteiger partial charge in [-0.05, 0) is 36.2 Å². The highest BCUT2D eigenvalue weighted by Gasteiger charge is 2.05. The van der Waals surface area contributed by atoms with E-state index in [0.29, 0.717) is 5.69 Å². The molecule has 0 atom stereocenters. The van der Waals surface area contributed by atoms with Crippen LogP contribution in [0.2, 0.25) is 0 Å². The Labute approximate surface area is 124 Å². The lowest BCUT2D eigenvalue weighted by atomic mass is 10.1. The molecule has 1 aromatic carbocycles. The van der Waals surface area contributed by atoms with E-state index in [4.69, 9.17) is 4.74 Å². The number of hydrogen-bond donors (Lipinski definition) is 2. The Morgan fingerprint density at radius 2 is 2.14 bits per heavy atom. The van der Waals surface area contributed by atoms with Gasteiger partial charge in [-0.15, -0.1) is 0 Å². The number of pyridine rings is 1. The normalized spacial score (nSPS) is 10.0. The number of nitrogens with zero attached hydrogens (tertiary/aromatic N) is 1. The molecule has 0 unspecified atom stereocenters. The van der Waals surface area contributed by atoms with Gasteiger partial charge in [-0.25, -0.2) is 0 Å². The van der Waals surface area contributed by atoms with Crippen LogP contribution in [0.25, 0.3) is 0 Å². The summed E-state index contributed by atoms with van der Waals surface area (Å²) in [6, 6.07) is 11.6. The molecule has 110 valence electrons. The van der Waals surface area contributed by atoms with Crippen LogP contribution in [0.15, 0.2) is 42.6 Å². The quantitative estimate of drug-likeness (QED) is 0.853. The van der Waals surface area contributed by atoms with Crippen LogP contribution in [-0.4, -0.2) is 31.6 Å². The maximum Gasteiger partial charge on any atom is 0.269 e. The summed E-state index contributed by atoms with van der Waals surface area (Å²) in [4.78, 5) is 15.5. The van der Waals surface area contributed by atoms with Crippen LogP contribution in [0.3, 0.4) is 0 Å². The van der Waals surface area contributed by atoms with Crippen molar-refractivity contribution in [2.75, 3.05) is 26.0 Å². The molecule has 0 spiro atoms. The van der Waals surface area contributed by atoms with Gasteiger partial charge in [0.15, 0.2) is 0 Å². The minimum atomic E-state index is -0.188. The summed E-state index contributed by atoms with van der Waals surface area (Å²) in [5.74, 6) is 0.671. The summed E-state index contributed by atoms with van der Waals surface area (Å²) in [5, 5.41) is 5.85. The number of carbonyl (C=O) groups excluding carboxylic acids is 1. The van der Waals surface area contributed by atoms with Crippen molar-refractivity contribution in [3.8, 4) is 5.75 Å². The summed E-state index contributed by atoms with van der Waals surface area (Å²) < 4.78 is 5.20. The van der Waals surface area contributed by atoms with Crippen molar-refractivity contribution >= 4 is 11.6 Å². The molecule has 0 aliphatic heterocycles. The molecule has 2 rings (SSSR count). The number of ether oxygens (including phenoxy) is 1. The van der Waals surface area contributed by atoms with Gasteiger partial charge in [-0.2, -0.15) is 0 Å². The number of anilines is 1. The molecule has 0 radical (unpaired) electrons. The van der Waals surface area contributed by atoms with Crippen LogP contribution in [0.4, 0.5) is 5.69 Å². The Hall–Kier alpha value is -2.56. The average Bonchev–Trinajstić information content (AvgIpc) is 2.54. The number of nitrogens with one attached hydrogen (secondary N) is 2. The van der Waals surface area contributed by atoms with Crippen molar-refractivity contribution in [2.24, 2.45) is 0 Å². The van der Waals surface area contributed by atoms with Gasteiger partial charge < -0.3 is 15.4 Å². The first-order valence-electron chi connectivity index (χ1n) is 6.78. The van der Waals surface area contributed by atoms with Crippen molar-refractivity contribution in [2.45, 2.75) is 6.42 Å². The Balaban J connectivity index is 1.92. The maximum atomic E-state index is 11.5. The molecule has 1 amide bonds. The van der Waals surface area contributed by atoms with E-state index in [0.717, 1.165) is 24.4 Å². The number of carbonyl (C=O) groups is 1. The highest BCUT2D eigenvalue weighted by atomic mass is 16.5. The molecule has 2 N–H and O–H groups in total. The molecule has 5 nitrogen and oxygen atoms in total. The zero-order valence-corrected chi connectivity index (χ0v) is 12.2. The van der Waals surface area contributed by atoms with Crippen LogP contribution in [-0.2, 0) is 6.42 Å². The summed E-state index contributed by atoms with van der Waals surface area (Å²) in [6.45, 7) is 0.768. The highest BCUT2D eigenvalue weighted by Crippen LogP contribution is 2.13. The highest BCUT2D eigenvalue weighted by molar-refractivity contribution is 5.92. The lowest BCUT2D eigenvalue weighted by Crippen LogP contribution is -2.19. The first-order chi connectivity index (χ1) is 10.2. The second-order valence-electron chi connectivity index (χ2n) is 4.54. The third kappa shape index (κ3) is 4.21. The lowest BCUT2D eigenvalue weighted by molar-refractivity contribution is 0.0958. The second-order valence-corrected chi connectivity index (χ2v) is 4.54. The molecule has 1 heterocycles. The number of benzene rings is 1. The van der Waals surface area contributed by atoms with E-state index in [-0.39, 0.29) is 5.91 Å². The van der Waals surface area contributed by atoms with E-state index in [1.54, 1.807) is 26.4 Å². The van der Waals surface area contributed by atoms with Crippen molar-refractivity contribution in [1.29, 1.82) is 0 Å². The van der Waals surface area contributed by atoms with Gasteiger partial charge in [0.2, 0.25) is 0 Å². The number of methoxy groups -OCH3 is 1. The Kier molecular flexibility index (Phi) is 5.15. The number of amides is 1. The largest absolute Gasteiger partial charge is 0.497 e. The Bertz CT molecular complexity index is 614. The van der Waals surface area contributed by atoms with Gasteiger partial charge in [0, 0.05) is 25.5 Å². The van der Waals surface area contributed by atoms with Gasteiger partial charge in [0.1, 0.15) is 11.4 Å². The van der Waals surface area contributed by atoms with E-state index >= 15 is 0 Å². The fourth-order valence-electron chi connectivity index (χ4n) is 1.97. The summed E-state index contributed by atoms with van der Waals surface area (Å²) >= 11 is 0. The van der Waals surface area contributed by atoms with Crippen LogP contribution >= 0.6 is 0 Å². The van der Waals surface area contributed by atoms with Crippen molar-refractivity contribution in [1.82, 2.24) is 10.3 Å². The Morgan fingerprint density at radius 1 is 1.29 bits per heavy atom. The van der Waals surface area contributed by atoms with Crippen LogP contribution < -0.4 is 15.4 Å². The summed E-state index contributed by atoms with van der Waals surface area (Å²) in [6.07, 6.45) is 2.49. The topological polar surface area (TPSA) is 63.2 Å². The van der Waals surface area contributed by atoms with Crippen LogP contribution in [0.1, 0.15) is 16.1 Å². The van der Waals surface area contributed by atoms with E-state index in [9.17, 15) is 4.79 Å². The zero-order valence-electron chi connectivity index (χ0n) is 12.2. The third-order valence-corrected chi connectivity index (χ3v) is 3.10. The molecular weight excluding hydrogens is 266 g/mol. The molecular formula is C16H19N3O2. The van der Waals surface area contributed by atoms with E-state index < -0.39 is 0 Å². The smallest absolute Gasteiger partial charge is 0.269 e. The van der Waals surface area contributed by atoms with Gasteiger partial charge in [0.25, 0.3) is 5.91 Å². The van der Waals surface area contributed by atoms with E-state index in [1.807, 2.05) is 24.3 Å². The first kappa shape index (κ1) is 14.8. The minimum absolute atomic E-state index is 0.188. The fraction of sp³-hybridized carbons (Fsp3) is 0.250. The predicted molar refractivity (Wildman–Crippen MR) is 82.8 cm³/mol. The van der Waals surface area contributed by atoms with E-state index in [2.05, 4.69) is 21.7 Å². The summed E-state index contributed by atoms with van der Waals surface area (Å²) in [5.41, 5.74) is 2.48. The summed E-state index contributed by atoms with van der Waals surface area (Å²) in [7, 11) is 3.25. The van der Waals surface area contributed by atoms with Gasteiger partial charge in [0.05, 0.1) is 7.11 Å². The van der Waals surface area contributed by atoms with Gasteiger partial charge in [-0.3, -0.25) is 9.78 Å². The SMILES string of the molecule is CNC(=O)c1cc(NCCc2cccc(OC)c2)ccn1. The van der Waals surface area contributed by atoms with Crippen molar-refractivity contribution < 1.29 is 9.53 Å². The molecule has 0 saturated carbocycles. The van der Waals surface area contributed by atoms with Gasteiger partial charge in [-0.1, -0.05) is 12.1 Å². The van der Waals surface area contributed by atoms with Crippen LogP contribution in [0, 0.1) is 0 Å². The Morgan fingerprint density at radius 3 is 2.90 bits per heavy atom. The maximum absolute atomic E-state index is 11.5.